The Morgan fingerprint density at radius 2 is 2.19 bits per heavy atom. The first-order valence-corrected chi connectivity index (χ1v) is 8.12. The van der Waals surface area contributed by atoms with Crippen LogP contribution in [0.4, 0.5) is 0 Å². The average molecular weight is 346 g/mol. The van der Waals surface area contributed by atoms with Crippen molar-refractivity contribution in [2.75, 3.05) is 6.54 Å². The molecule has 0 N–H and O–H groups in total. The third-order valence-electron chi connectivity index (χ3n) is 4.23. The Balaban J connectivity index is 1.62. The lowest BCUT2D eigenvalue weighted by atomic mass is 10.1. The molecule has 1 saturated carbocycles. The molecule has 4 rings (SSSR count). The fraction of sp³-hybridized carbons (Fsp3) is 0.375. The molecule has 1 aromatic carbocycles. The normalized spacial score (nSPS) is 17.7. The van der Waals surface area contributed by atoms with Crippen LogP contribution in [0, 0.1) is 5.92 Å². The van der Waals surface area contributed by atoms with Crippen molar-refractivity contribution in [3.8, 4) is 5.69 Å². The molecule has 0 atom stereocenters. The summed E-state index contributed by atoms with van der Waals surface area (Å²) in [5.74, 6) is 0.627. The van der Waals surface area contributed by atoms with Gasteiger partial charge in [-0.1, -0.05) is 22.0 Å². The van der Waals surface area contributed by atoms with E-state index in [1.807, 2.05) is 27.9 Å². The largest absolute Gasteiger partial charge is 0.338 e. The highest BCUT2D eigenvalue weighted by molar-refractivity contribution is 9.10. The molecule has 0 saturated heterocycles. The lowest BCUT2D eigenvalue weighted by molar-refractivity contribution is -0.133. The van der Waals surface area contributed by atoms with E-state index in [9.17, 15) is 4.79 Å². The predicted octanol–water partition coefficient (Wildman–Crippen LogP) is 2.93. The molecular formula is C16H16BrN3O. The van der Waals surface area contributed by atoms with E-state index in [4.69, 9.17) is 0 Å². The number of hydrogen-bond donors (Lipinski definition) is 0. The fourth-order valence-corrected chi connectivity index (χ4v) is 3.33. The molecule has 108 valence electrons. The van der Waals surface area contributed by atoms with E-state index >= 15 is 0 Å². The maximum Gasteiger partial charge on any atom is 0.225 e. The van der Waals surface area contributed by atoms with Crippen molar-refractivity contribution >= 4 is 21.8 Å². The van der Waals surface area contributed by atoms with Gasteiger partial charge in [-0.2, -0.15) is 5.10 Å². The summed E-state index contributed by atoms with van der Waals surface area (Å²) in [6.45, 7) is 1.51. The van der Waals surface area contributed by atoms with E-state index in [2.05, 4.69) is 33.2 Å². The maximum atomic E-state index is 12.2. The van der Waals surface area contributed by atoms with Crippen LogP contribution in [0.5, 0.6) is 0 Å². The Hall–Kier alpha value is -1.62. The van der Waals surface area contributed by atoms with Crippen LogP contribution in [-0.4, -0.2) is 27.1 Å². The van der Waals surface area contributed by atoms with Gasteiger partial charge >= 0.3 is 0 Å². The number of hydrogen-bond acceptors (Lipinski definition) is 2. The van der Waals surface area contributed by atoms with Gasteiger partial charge in [-0.25, -0.2) is 4.68 Å². The summed E-state index contributed by atoms with van der Waals surface area (Å²) in [5, 5.41) is 4.52. The van der Waals surface area contributed by atoms with E-state index in [1.54, 1.807) is 0 Å². The molecule has 1 fully saturated rings. The highest BCUT2D eigenvalue weighted by Crippen LogP contribution is 2.33. The van der Waals surface area contributed by atoms with Gasteiger partial charge in [0.25, 0.3) is 0 Å². The zero-order valence-corrected chi connectivity index (χ0v) is 13.2. The van der Waals surface area contributed by atoms with Gasteiger partial charge in [-0.3, -0.25) is 4.79 Å². The Morgan fingerprint density at radius 3 is 2.95 bits per heavy atom. The highest BCUT2D eigenvalue weighted by Gasteiger charge is 2.35. The summed E-state index contributed by atoms with van der Waals surface area (Å²) in [5.41, 5.74) is 3.47. The van der Waals surface area contributed by atoms with E-state index in [0.717, 1.165) is 36.0 Å². The number of carbonyl (C=O) groups is 1. The lowest BCUT2D eigenvalue weighted by Gasteiger charge is -2.27. The number of rotatable bonds is 2. The number of aromatic nitrogens is 2. The van der Waals surface area contributed by atoms with Crippen molar-refractivity contribution in [1.82, 2.24) is 14.7 Å². The summed E-state index contributed by atoms with van der Waals surface area (Å²) >= 11 is 3.50. The Labute approximate surface area is 131 Å². The summed E-state index contributed by atoms with van der Waals surface area (Å²) in [6.07, 6.45) is 4.92. The molecule has 5 heteroatoms. The zero-order chi connectivity index (χ0) is 14.4. The quantitative estimate of drug-likeness (QED) is 0.839. The molecule has 1 aromatic heterocycles. The molecular weight excluding hydrogens is 330 g/mol. The molecule has 0 unspecified atom stereocenters. The monoisotopic (exact) mass is 345 g/mol. The van der Waals surface area contributed by atoms with Gasteiger partial charge in [-0.15, -0.1) is 0 Å². The van der Waals surface area contributed by atoms with Crippen LogP contribution in [0.3, 0.4) is 0 Å². The molecule has 2 aliphatic rings. The molecule has 0 spiro atoms. The number of carbonyl (C=O) groups excluding carboxylic acids is 1. The molecule has 1 amide bonds. The first-order chi connectivity index (χ1) is 10.2. The third-order valence-corrected chi connectivity index (χ3v) is 4.72. The van der Waals surface area contributed by atoms with Crippen LogP contribution >= 0.6 is 15.9 Å². The highest BCUT2D eigenvalue weighted by atomic mass is 79.9. The van der Waals surface area contributed by atoms with Gasteiger partial charge in [0, 0.05) is 35.5 Å². The molecule has 2 aromatic rings. The number of benzene rings is 1. The minimum Gasteiger partial charge on any atom is -0.338 e. The maximum absolute atomic E-state index is 12.2. The SMILES string of the molecule is O=C(C1CC1)N1CCc2c(cnn2-c2cccc(Br)c2)C1. The lowest BCUT2D eigenvalue weighted by Crippen LogP contribution is -2.37. The van der Waals surface area contributed by atoms with Crippen molar-refractivity contribution in [3.63, 3.8) is 0 Å². The molecule has 1 aliphatic heterocycles. The average Bonchev–Trinajstić information content (AvgIpc) is 3.25. The molecule has 4 nitrogen and oxygen atoms in total. The van der Waals surface area contributed by atoms with Crippen molar-refractivity contribution in [2.45, 2.75) is 25.8 Å². The molecule has 21 heavy (non-hydrogen) atoms. The second-order valence-corrected chi connectivity index (χ2v) is 6.71. The van der Waals surface area contributed by atoms with Gasteiger partial charge in [0.1, 0.15) is 0 Å². The second-order valence-electron chi connectivity index (χ2n) is 5.79. The fourth-order valence-electron chi connectivity index (χ4n) is 2.94. The standard InChI is InChI=1S/C16H16BrN3O/c17-13-2-1-3-14(8-13)20-15-6-7-19(10-12(15)9-18-20)16(21)11-4-5-11/h1-3,8-9,11H,4-7,10H2. The van der Waals surface area contributed by atoms with Crippen LogP contribution < -0.4 is 0 Å². The van der Waals surface area contributed by atoms with Crippen LogP contribution in [0.2, 0.25) is 0 Å². The smallest absolute Gasteiger partial charge is 0.225 e. The van der Waals surface area contributed by atoms with E-state index in [1.165, 1.54) is 11.3 Å². The Bertz CT molecular complexity index is 705. The van der Waals surface area contributed by atoms with Gasteiger partial charge < -0.3 is 4.90 Å². The van der Waals surface area contributed by atoms with E-state index < -0.39 is 0 Å². The minimum absolute atomic E-state index is 0.298. The van der Waals surface area contributed by atoms with Gasteiger partial charge in [0.05, 0.1) is 17.6 Å². The summed E-state index contributed by atoms with van der Waals surface area (Å²) in [7, 11) is 0. The Kier molecular flexibility index (Phi) is 3.10. The van der Waals surface area contributed by atoms with Crippen LogP contribution in [-0.2, 0) is 17.8 Å². The van der Waals surface area contributed by atoms with Gasteiger partial charge in [-0.05, 0) is 31.0 Å². The van der Waals surface area contributed by atoms with Crippen molar-refractivity contribution in [2.24, 2.45) is 5.92 Å². The van der Waals surface area contributed by atoms with E-state index in [-0.39, 0.29) is 0 Å². The van der Waals surface area contributed by atoms with Gasteiger partial charge in [0.15, 0.2) is 0 Å². The molecule has 0 bridgehead atoms. The second kappa shape index (κ2) is 4.98. The van der Waals surface area contributed by atoms with Crippen molar-refractivity contribution in [1.29, 1.82) is 0 Å². The van der Waals surface area contributed by atoms with Crippen LogP contribution in [0.25, 0.3) is 5.69 Å². The molecule has 0 radical (unpaired) electrons. The van der Waals surface area contributed by atoms with E-state index in [0.29, 0.717) is 18.4 Å². The zero-order valence-electron chi connectivity index (χ0n) is 11.6. The van der Waals surface area contributed by atoms with Gasteiger partial charge in [0.2, 0.25) is 5.91 Å². The number of halogens is 1. The topological polar surface area (TPSA) is 38.1 Å². The molecule has 1 aliphatic carbocycles. The minimum atomic E-state index is 0.298. The first-order valence-electron chi connectivity index (χ1n) is 7.33. The first kappa shape index (κ1) is 13.1. The van der Waals surface area contributed by atoms with Crippen LogP contribution in [0.15, 0.2) is 34.9 Å². The summed E-state index contributed by atoms with van der Waals surface area (Å²) in [4.78, 5) is 14.2. The third kappa shape index (κ3) is 2.39. The summed E-state index contributed by atoms with van der Waals surface area (Å²) < 4.78 is 3.05. The van der Waals surface area contributed by atoms with Crippen molar-refractivity contribution in [3.05, 3.63) is 46.2 Å². The Morgan fingerprint density at radius 1 is 1.33 bits per heavy atom. The summed E-state index contributed by atoms with van der Waals surface area (Å²) in [6, 6.07) is 8.14. The molecule has 2 heterocycles. The number of fused-ring (bicyclic) bond motifs is 1. The van der Waals surface area contributed by atoms with Crippen molar-refractivity contribution < 1.29 is 4.79 Å². The number of amides is 1. The van der Waals surface area contributed by atoms with Crippen LogP contribution in [0.1, 0.15) is 24.1 Å². The number of nitrogens with zero attached hydrogens (tertiary/aromatic N) is 3. The predicted molar refractivity (Wildman–Crippen MR) is 83.1 cm³/mol.